The summed E-state index contributed by atoms with van der Waals surface area (Å²) >= 11 is 0. The standard InChI is InChI=1S/C14H25NO4/c1-4-9-6-10(11(7-9)13(18)19)12(17)15-14(3,5-2)8-16/h9-11,16H,4-8H2,1-3H3,(H,15,17)(H,18,19)/t9?,10-,11+,14?/m0/s1. The quantitative estimate of drug-likeness (QED) is 0.681. The molecule has 5 heteroatoms. The molecule has 1 rings (SSSR count). The van der Waals surface area contributed by atoms with E-state index in [-0.39, 0.29) is 12.5 Å². The van der Waals surface area contributed by atoms with Gasteiger partial charge in [0.05, 0.1) is 24.0 Å². The van der Waals surface area contributed by atoms with Gasteiger partial charge in [0.25, 0.3) is 0 Å². The number of aliphatic hydroxyl groups excluding tert-OH is 1. The Hall–Kier alpha value is -1.10. The number of rotatable bonds is 6. The van der Waals surface area contributed by atoms with E-state index in [0.717, 1.165) is 6.42 Å². The van der Waals surface area contributed by atoms with Gasteiger partial charge in [-0.2, -0.15) is 0 Å². The summed E-state index contributed by atoms with van der Waals surface area (Å²) in [6, 6.07) is 0. The van der Waals surface area contributed by atoms with Crippen molar-refractivity contribution >= 4 is 11.9 Å². The molecule has 0 bridgehead atoms. The van der Waals surface area contributed by atoms with Crippen LogP contribution < -0.4 is 5.32 Å². The normalized spacial score (nSPS) is 29.8. The van der Waals surface area contributed by atoms with Crippen LogP contribution in [0.5, 0.6) is 0 Å². The summed E-state index contributed by atoms with van der Waals surface area (Å²) in [5, 5.41) is 21.4. The summed E-state index contributed by atoms with van der Waals surface area (Å²) < 4.78 is 0. The summed E-state index contributed by atoms with van der Waals surface area (Å²) in [7, 11) is 0. The fourth-order valence-corrected chi connectivity index (χ4v) is 2.67. The Balaban J connectivity index is 2.77. The van der Waals surface area contributed by atoms with Crippen LogP contribution in [-0.4, -0.2) is 34.2 Å². The minimum absolute atomic E-state index is 0.142. The molecule has 110 valence electrons. The number of nitrogens with one attached hydrogen (secondary N) is 1. The highest BCUT2D eigenvalue weighted by Gasteiger charge is 2.43. The van der Waals surface area contributed by atoms with Crippen molar-refractivity contribution in [1.82, 2.24) is 5.32 Å². The van der Waals surface area contributed by atoms with E-state index < -0.39 is 23.3 Å². The number of carbonyl (C=O) groups is 2. The molecule has 1 aliphatic carbocycles. The van der Waals surface area contributed by atoms with Gasteiger partial charge in [-0.15, -0.1) is 0 Å². The van der Waals surface area contributed by atoms with Crippen molar-refractivity contribution in [3.05, 3.63) is 0 Å². The van der Waals surface area contributed by atoms with Crippen LogP contribution in [0.2, 0.25) is 0 Å². The van der Waals surface area contributed by atoms with Crippen molar-refractivity contribution < 1.29 is 19.8 Å². The lowest BCUT2D eigenvalue weighted by atomic mass is 9.92. The molecule has 5 nitrogen and oxygen atoms in total. The highest BCUT2D eigenvalue weighted by atomic mass is 16.4. The van der Waals surface area contributed by atoms with Crippen molar-refractivity contribution in [2.45, 2.75) is 52.0 Å². The van der Waals surface area contributed by atoms with Gasteiger partial charge in [0.2, 0.25) is 5.91 Å². The van der Waals surface area contributed by atoms with Gasteiger partial charge in [-0.3, -0.25) is 9.59 Å². The van der Waals surface area contributed by atoms with Crippen molar-refractivity contribution in [2.24, 2.45) is 17.8 Å². The molecule has 0 aromatic heterocycles. The van der Waals surface area contributed by atoms with E-state index in [9.17, 15) is 19.8 Å². The van der Waals surface area contributed by atoms with Crippen LogP contribution in [0.4, 0.5) is 0 Å². The molecule has 0 saturated heterocycles. The number of carboxylic acids is 1. The SMILES string of the molecule is CCC1C[C@H](C(=O)NC(C)(CC)CO)[C@H](C(=O)O)C1. The lowest BCUT2D eigenvalue weighted by Gasteiger charge is -2.29. The lowest BCUT2D eigenvalue weighted by Crippen LogP contribution is -2.51. The van der Waals surface area contributed by atoms with Crippen LogP contribution in [-0.2, 0) is 9.59 Å². The number of amides is 1. The van der Waals surface area contributed by atoms with Crippen LogP contribution in [0, 0.1) is 17.8 Å². The molecule has 1 amide bonds. The molecular weight excluding hydrogens is 246 g/mol. The molecule has 0 aliphatic heterocycles. The van der Waals surface area contributed by atoms with E-state index in [1.807, 2.05) is 13.8 Å². The second-order valence-electron chi connectivity index (χ2n) is 5.86. The Morgan fingerprint density at radius 3 is 2.26 bits per heavy atom. The van der Waals surface area contributed by atoms with Crippen molar-refractivity contribution in [1.29, 1.82) is 0 Å². The number of aliphatic hydroxyl groups is 1. The summed E-state index contributed by atoms with van der Waals surface area (Å²) in [5.74, 6) is -1.89. The second kappa shape index (κ2) is 6.37. The Kier molecular flexibility index (Phi) is 5.35. The van der Waals surface area contributed by atoms with E-state index in [2.05, 4.69) is 5.32 Å². The van der Waals surface area contributed by atoms with Crippen LogP contribution >= 0.6 is 0 Å². The summed E-state index contributed by atoms with van der Waals surface area (Å²) in [6.45, 7) is 5.53. The van der Waals surface area contributed by atoms with E-state index in [1.54, 1.807) is 6.92 Å². The van der Waals surface area contributed by atoms with Crippen LogP contribution in [0.1, 0.15) is 46.5 Å². The molecule has 0 radical (unpaired) electrons. The highest BCUT2D eigenvalue weighted by molar-refractivity contribution is 5.85. The molecule has 3 N–H and O–H groups in total. The van der Waals surface area contributed by atoms with E-state index >= 15 is 0 Å². The van der Waals surface area contributed by atoms with E-state index in [0.29, 0.717) is 25.2 Å². The van der Waals surface area contributed by atoms with Crippen LogP contribution in [0.25, 0.3) is 0 Å². The predicted molar refractivity (Wildman–Crippen MR) is 71.6 cm³/mol. The van der Waals surface area contributed by atoms with Crippen molar-refractivity contribution in [3.8, 4) is 0 Å². The van der Waals surface area contributed by atoms with Gasteiger partial charge < -0.3 is 15.5 Å². The molecule has 1 aliphatic rings. The van der Waals surface area contributed by atoms with Gasteiger partial charge in [0, 0.05) is 0 Å². The predicted octanol–water partition coefficient (Wildman–Crippen LogP) is 1.40. The Morgan fingerprint density at radius 1 is 1.26 bits per heavy atom. The molecule has 1 saturated carbocycles. The minimum atomic E-state index is -0.890. The fraction of sp³-hybridized carbons (Fsp3) is 0.857. The highest BCUT2D eigenvalue weighted by Crippen LogP contribution is 2.38. The third-order valence-corrected chi connectivity index (χ3v) is 4.45. The van der Waals surface area contributed by atoms with E-state index in [1.165, 1.54) is 0 Å². The molecule has 2 unspecified atom stereocenters. The number of aliphatic carboxylic acids is 1. The van der Waals surface area contributed by atoms with Crippen molar-refractivity contribution in [3.63, 3.8) is 0 Å². The smallest absolute Gasteiger partial charge is 0.307 e. The molecule has 0 spiro atoms. The van der Waals surface area contributed by atoms with Gasteiger partial charge in [-0.25, -0.2) is 0 Å². The summed E-state index contributed by atoms with van der Waals surface area (Å²) in [6.07, 6.45) is 2.71. The van der Waals surface area contributed by atoms with Crippen LogP contribution in [0.15, 0.2) is 0 Å². The van der Waals surface area contributed by atoms with Gasteiger partial charge in [-0.1, -0.05) is 20.3 Å². The second-order valence-corrected chi connectivity index (χ2v) is 5.86. The summed E-state index contributed by atoms with van der Waals surface area (Å²) in [5.41, 5.74) is -0.662. The molecule has 0 heterocycles. The first-order chi connectivity index (χ1) is 8.86. The van der Waals surface area contributed by atoms with Crippen LogP contribution in [0.3, 0.4) is 0 Å². The zero-order valence-electron chi connectivity index (χ0n) is 12.0. The monoisotopic (exact) mass is 271 g/mol. The molecule has 0 aromatic carbocycles. The zero-order valence-corrected chi connectivity index (χ0v) is 12.0. The molecule has 4 atom stereocenters. The lowest BCUT2D eigenvalue weighted by molar-refractivity contribution is -0.146. The van der Waals surface area contributed by atoms with Gasteiger partial charge in [0.1, 0.15) is 0 Å². The average molecular weight is 271 g/mol. The van der Waals surface area contributed by atoms with Gasteiger partial charge >= 0.3 is 5.97 Å². The fourth-order valence-electron chi connectivity index (χ4n) is 2.67. The Bertz CT molecular complexity index is 338. The number of hydrogen-bond acceptors (Lipinski definition) is 3. The minimum Gasteiger partial charge on any atom is -0.481 e. The third kappa shape index (κ3) is 3.69. The number of carboxylic acid groups (broad SMARTS) is 1. The van der Waals surface area contributed by atoms with Crippen molar-refractivity contribution in [2.75, 3.05) is 6.61 Å². The van der Waals surface area contributed by atoms with Gasteiger partial charge in [0.15, 0.2) is 0 Å². The average Bonchev–Trinajstić information content (AvgIpc) is 2.83. The Morgan fingerprint density at radius 2 is 1.84 bits per heavy atom. The molecule has 0 aromatic rings. The molecule has 19 heavy (non-hydrogen) atoms. The first-order valence-corrected chi connectivity index (χ1v) is 7.02. The maximum absolute atomic E-state index is 12.3. The maximum atomic E-state index is 12.3. The molecule has 1 fully saturated rings. The zero-order chi connectivity index (χ0) is 14.6. The maximum Gasteiger partial charge on any atom is 0.307 e. The van der Waals surface area contributed by atoms with Gasteiger partial charge in [-0.05, 0) is 32.1 Å². The first-order valence-electron chi connectivity index (χ1n) is 7.02. The number of hydrogen-bond donors (Lipinski definition) is 3. The Labute approximate surface area is 114 Å². The largest absolute Gasteiger partial charge is 0.481 e. The third-order valence-electron chi connectivity index (χ3n) is 4.45. The molecular formula is C14H25NO4. The first kappa shape index (κ1) is 16.0. The topological polar surface area (TPSA) is 86.6 Å². The number of carbonyl (C=O) groups excluding carboxylic acids is 1. The summed E-state index contributed by atoms with van der Waals surface area (Å²) in [4.78, 5) is 23.5. The van der Waals surface area contributed by atoms with E-state index in [4.69, 9.17) is 0 Å².